The number of carboxylic acids is 1. The lowest BCUT2D eigenvalue weighted by molar-refractivity contribution is -0.305. The molecular formula is C16H14NO4S2-. The maximum absolute atomic E-state index is 12.3. The van der Waals surface area contributed by atoms with Gasteiger partial charge in [-0.15, -0.1) is 0 Å². The largest absolute Gasteiger partial charge is 0.550 e. The Hall–Kier alpha value is -1.86. The number of fused-ring (bicyclic) bond motifs is 1. The fraction of sp³-hybridized carbons (Fsp3) is 0.312. The van der Waals surface area contributed by atoms with Gasteiger partial charge in [0.1, 0.15) is 16.2 Å². The highest BCUT2D eigenvalue weighted by atomic mass is 32.2. The average Bonchev–Trinajstić information content (AvgIpc) is 2.96. The highest BCUT2D eigenvalue weighted by molar-refractivity contribution is 8.26. The molecule has 2 aliphatic rings. The summed E-state index contributed by atoms with van der Waals surface area (Å²) in [6.07, 6.45) is 2.57. The third-order valence-corrected chi connectivity index (χ3v) is 5.01. The van der Waals surface area contributed by atoms with Crippen LogP contribution in [0.4, 0.5) is 0 Å². The molecule has 0 radical (unpaired) electrons. The number of nitrogens with zero attached hydrogens (tertiary/aromatic N) is 1. The summed E-state index contributed by atoms with van der Waals surface area (Å²) in [6.45, 7) is 2.06. The fourth-order valence-electron chi connectivity index (χ4n) is 2.58. The Bertz CT molecular complexity index is 729. The van der Waals surface area contributed by atoms with Gasteiger partial charge < -0.3 is 14.6 Å². The monoisotopic (exact) mass is 348 g/mol. The van der Waals surface area contributed by atoms with Crippen molar-refractivity contribution < 1.29 is 19.4 Å². The van der Waals surface area contributed by atoms with Crippen LogP contribution in [0.3, 0.4) is 0 Å². The van der Waals surface area contributed by atoms with Crippen LogP contribution in [0.5, 0.6) is 5.75 Å². The lowest BCUT2D eigenvalue weighted by Gasteiger charge is -2.14. The number of carbonyl (C=O) groups excluding carboxylic acids is 2. The molecule has 1 aromatic carbocycles. The Morgan fingerprint density at radius 1 is 1.57 bits per heavy atom. The Labute approximate surface area is 143 Å². The van der Waals surface area contributed by atoms with Crippen LogP contribution >= 0.6 is 24.0 Å². The van der Waals surface area contributed by atoms with Crippen molar-refractivity contribution in [1.29, 1.82) is 0 Å². The number of carboxylic acid groups (broad SMARTS) is 1. The normalized spacial score (nSPS) is 21.7. The quantitative estimate of drug-likeness (QED) is 0.604. The van der Waals surface area contributed by atoms with Gasteiger partial charge in [0.2, 0.25) is 0 Å². The van der Waals surface area contributed by atoms with E-state index in [0.717, 1.165) is 23.3 Å². The number of hydrogen-bond acceptors (Lipinski definition) is 6. The first-order valence-corrected chi connectivity index (χ1v) is 8.41. The summed E-state index contributed by atoms with van der Waals surface area (Å²) in [7, 11) is 0. The molecule has 23 heavy (non-hydrogen) atoms. The van der Waals surface area contributed by atoms with E-state index in [1.807, 2.05) is 25.1 Å². The first-order chi connectivity index (χ1) is 10.9. The van der Waals surface area contributed by atoms with Crippen LogP contribution in [0.15, 0.2) is 23.1 Å². The molecule has 0 bridgehead atoms. The summed E-state index contributed by atoms with van der Waals surface area (Å²) in [5, 5.41) is 10.6. The number of thioether (sulfide) groups is 1. The second-order valence-electron chi connectivity index (χ2n) is 5.46. The molecule has 2 aliphatic heterocycles. The first kappa shape index (κ1) is 16.0. The third kappa shape index (κ3) is 3.40. The van der Waals surface area contributed by atoms with Crippen LogP contribution in [0.2, 0.25) is 0 Å². The van der Waals surface area contributed by atoms with Crippen molar-refractivity contribution in [1.82, 2.24) is 4.90 Å². The average molecular weight is 348 g/mol. The summed E-state index contributed by atoms with van der Waals surface area (Å²) < 4.78 is 6.03. The number of amides is 1. The van der Waals surface area contributed by atoms with Crippen LogP contribution in [-0.2, 0) is 16.0 Å². The van der Waals surface area contributed by atoms with Crippen molar-refractivity contribution in [2.75, 3.05) is 6.54 Å². The van der Waals surface area contributed by atoms with Crippen LogP contribution in [-0.4, -0.2) is 33.7 Å². The van der Waals surface area contributed by atoms with Gasteiger partial charge in [0.25, 0.3) is 5.91 Å². The summed E-state index contributed by atoms with van der Waals surface area (Å²) in [6, 6.07) is 5.80. The zero-order chi connectivity index (χ0) is 16.6. The maximum atomic E-state index is 12.3. The van der Waals surface area contributed by atoms with Crippen molar-refractivity contribution in [2.24, 2.45) is 0 Å². The van der Waals surface area contributed by atoms with Gasteiger partial charge in [0.15, 0.2) is 0 Å². The standard InChI is InChI=1S/C16H15NO4S2/c1-9-6-11-7-10(2-3-12(11)21-9)8-13-15(20)17(16(22)23-13)5-4-14(18)19/h2-3,7-9H,4-6H2,1H3,(H,18,19)/p-1/b13-8+/t9-/m0/s1. The second-order valence-corrected chi connectivity index (χ2v) is 7.13. The van der Waals surface area contributed by atoms with E-state index in [1.165, 1.54) is 16.7 Å². The van der Waals surface area contributed by atoms with Crippen LogP contribution < -0.4 is 9.84 Å². The molecule has 1 saturated heterocycles. The number of thiocarbonyl (C=S) groups is 1. The Morgan fingerprint density at radius 2 is 2.35 bits per heavy atom. The van der Waals surface area contributed by atoms with E-state index in [1.54, 1.807) is 6.08 Å². The summed E-state index contributed by atoms with van der Waals surface area (Å²) in [5.41, 5.74) is 2.03. The molecule has 0 saturated carbocycles. The molecule has 7 heteroatoms. The van der Waals surface area contributed by atoms with E-state index in [0.29, 0.717) is 9.23 Å². The van der Waals surface area contributed by atoms with Crippen molar-refractivity contribution in [3.05, 3.63) is 34.2 Å². The van der Waals surface area contributed by atoms with Gasteiger partial charge in [0, 0.05) is 25.4 Å². The molecule has 1 atom stereocenters. The molecule has 0 N–H and O–H groups in total. The smallest absolute Gasteiger partial charge is 0.266 e. The molecule has 2 heterocycles. The zero-order valence-corrected chi connectivity index (χ0v) is 14.0. The van der Waals surface area contributed by atoms with Gasteiger partial charge in [0.05, 0.1) is 4.91 Å². The molecule has 0 aromatic heterocycles. The lowest BCUT2D eigenvalue weighted by Crippen LogP contribution is -2.33. The highest BCUT2D eigenvalue weighted by Crippen LogP contribution is 2.34. The molecule has 1 amide bonds. The minimum Gasteiger partial charge on any atom is -0.550 e. The van der Waals surface area contributed by atoms with E-state index in [9.17, 15) is 14.7 Å². The molecule has 1 aromatic rings. The predicted molar refractivity (Wildman–Crippen MR) is 89.7 cm³/mol. The van der Waals surface area contributed by atoms with E-state index >= 15 is 0 Å². The first-order valence-electron chi connectivity index (χ1n) is 7.19. The number of benzene rings is 1. The number of carbonyl (C=O) groups is 2. The molecule has 1 fully saturated rings. The van der Waals surface area contributed by atoms with Crippen molar-refractivity contribution >= 4 is 46.3 Å². The van der Waals surface area contributed by atoms with E-state index in [4.69, 9.17) is 17.0 Å². The number of ether oxygens (including phenoxy) is 1. The summed E-state index contributed by atoms with van der Waals surface area (Å²) >= 11 is 6.34. The van der Waals surface area contributed by atoms with Gasteiger partial charge in [-0.2, -0.15) is 0 Å². The van der Waals surface area contributed by atoms with Crippen molar-refractivity contribution in [2.45, 2.75) is 25.9 Å². The number of aliphatic carboxylic acids is 1. The molecule has 5 nitrogen and oxygen atoms in total. The van der Waals surface area contributed by atoms with E-state index < -0.39 is 5.97 Å². The van der Waals surface area contributed by atoms with Crippen molar-refractivity contribution in [3.8, 4) is 5.75 Å². The Kier molecular flexibility index (Phi) is 4.41. The molecule has 0 aliphatic carbocycles. The fourth-order valence-corrected chi connectivity index (χ4v) is 3.89. The van der Waals surface area contributed by atoms with Gasteiger partial charge in [-0.05, 0) is 36.3 Å². The van der Waals surface area contributed by atoms with Gasteiger partial charge >= 0.3 is 0 Å². The minimum atomic E-state index is -1.20. The summed E-state index contributed by atoms with van der Waals surface area (Å²) in [4.78, 5) is 24.7. The maximum Gasteiger partial charge on any atom is 0.266 e. The van der Waals surface area contributed by atoms with Crippen molar-refractivity contribution in [3.63, 3.8) is 0 Å². The number of rotatable bonds is 4. The summed E-state index contributed by atoms with van der Waals surface area (Å²) in [5.74, 6) is -0.571. The third-order valence-electron chi connectivity index (χ3n) is 3.63. The lowest BCUT2D eigenvalue weighted by atomic mass is 10.1. The molecule has 3 rings (SSSR count). The second kappa shape index (κ2) is 6.33. The molecule has 0 spiro atoms. The van der Waals surface area contributed by atoms with Gasteiger partial charge in [-0.1, -0.05) is 30.0 Å². The topological polar surface area (TPSA) is 69.7 Å². The molecule has 0 unspecified atom stereocenters. The molecule has 120 valence electrons. The Morgan fingerprint density at radius 3 is 3.09 bits per heavy atom. The Balaban J connectivity index is 1.78. The molecular weight excluding hydrogens is 334 g/mol. The zero-order valence-electron chi connectivity index (χ0n) is 12.4. The van der Waals surface area contributed by atoms with Crippen LogP contribution in [0, 0.1) is 0 Å². The minimum absolute atomic E-state index is 0.0416. The van der Waals surface area contributed by atoms with E-state index in [-0.39, 0.29) is 25.0 Å². The van der Waals surface area contributed by atoms with Crippen LogP contribution in [0.25, 0.3) is 6.08 Å². The van der Waals surface area contributed by atoms with E-state index in [2.05, 4.69) is 0 Å². The predicted octanol–water partition coefficient (Wildman–Crippen LogP) is 1.35. The highest BCUT2D eigenvalue weighted by Gasteiger charge is 2.31. The van der Waals surface area contributed by atoms with Gasteiger partial charge in [-0.25, -0.2) is 0 Å². The van der Waals surface area contributed by atoms with Gasteiger partial charge in [-0.3, -0.25) is 9.69 Å². The number of hydrogen-bond donors (Lipinski definition) is 0. The SMILES string of the molecule is C[C@H]1Cc2cc(/C=C3/SC(=S)N(CCC(=O)[O-])C3=O)ccc2O1. The van der Waals surface area contributed by atoms with Crippen LogP contribution in [0.1, 0.15) is 24.5 Å².